The molecule has 30 heavy (non-hydrogen) atoms. The van der Waals surface area contributed by atoms with Crippen molar-refractivity contribution in [3.05, 3.63) is 51.6 Å². The van der Waals surface area contributed by atoms with Crippen LogP contribution in [0, 0.1) is 0 Å². The van der Waals surface area contributed by atoms with Crippen molar-refractivity contribution in [3.63, 3.8) is 0 Å². The molecule has 160 valence electrons. The first kappa shape index (κ1) is 19.4. The number of carbonyl (C=O) groups is 1. The maximum atomic E-state index is 13.3. The van der Waals surface area contributed by atoms with Gasteiger partial charge >= 0.3 is 6.03 Å². The Labute approximate surface area is 175 Å². The summed E-state index contributed by atoms with van der Waals surface area (Å²) in [7, 11) is 0. The first-order valence-corrected chi connectivity index (χ1v) is 10.9. The largest absolute Gasteiger partial charge is 0.472 e. The standard InChI is InChI=1S/C22H29N5O3/c1-15(2)23-21(29)26-8-5-22(14-26)6-9-27-19(28)17-12-25(11-16-4-10-30-13-16)7-3-18(17)24-20(22)27/h4,10,13,15H,3,5-9,11-12,14H2,1-2H3,(H,23,29)/t22-/m0/s1. The molecule has 8 nitrogen and oxygen atoms in total. The van der Waals surface area contributed by atoms with Crippen molar-refractivity contribution >= 4 is 6.03 Å². The zero-order valence-corrected chi connectivity index (χ0v) is 17.7. The Kier molecular flexibility index (Phi) is 4.69. The van der Waals surface area contributed by atoms with Gasteiger partial charge in [0.25, 0.3) is 5.56 Å². The minimum Gasteiger partial charge on any atom is -0.472 e. The third kappa shape index (κ3) is 3.23. The molecule has 1 N–H and O–H groups in total. The van der Waals surface area contributed by atoms with Crippen LogP contribution in [0.15, 0.2) is 27.8 Å². The van der Waals surface area contributed by atoms with Crippen LogP contribution in [-0.4, -0.2) is 51.1 Å². The molecule has 0 bridgehead atoms. The number of hydrogen-bond donors (Lipinski definition) is 1. The van der Waals surface area contributed by atoms with Gasteiger partial charge in [-0.3, -0.25) is 14.3 Å². The van der Waals surface area contributed by atoms with Crippen LogP contribution < -0.4 is 10.9 Å². The van der Waals surface area contributed by atoms with Crippen LogP contribution in [0.25, 0.3) is 0 Å². The van der Waals surface area contributed by atoms with Crippen molar-refractivity contribution in [3.8, 4) is 0 Å². The summed E-state index contributed by atoms with van der Waals surface area (Å²) in [6.45, 7) is 8.27. The minimum atomic E-state index is -0.184. The molecule has 2 aromatic heterocycles. The Morgan fingerprint density at radius 2 is 2.13 bits per heavy atom. The molecule has 2 amide bonds. The molecule has 5 heterocycles. The zero-order chi connectivity index (χ0) is 20.9. The number of carbonyl (C=O) groups excluding carboxylic acids is 1. The van der Waals surface area contributed by atoms with E-state index in [1.165, 1.54) is 0 Å². The van der Waals surface area contributed by atoms with Gasteiger partial charge in [0.05, 0.1) is 23.8 Å². The van der Waals surface area contributed by atoms with Crippen LogP contribution in [0.1, 0.15) is 49.3 Å². The van der Waals surface area contributed by atoms with E-state index < -0.39 is 0 Å². The van der Waals surface area contributed by atoms with Gasteiger partial charge in [-0.15, -0.1) is 0 Å². The molecule has 1 atom stereocenters. The van der Waals surface area contributed by atoms with Gasteiger partial charge in [-0.25, -0.2) is 9.78 Å². The molecule has 5 rings (SSSR count). The highest BCUT2D eigenvalue weighted by Gasteiger charge is 2.48. The first-order chi connectivity index (χ1) is 14.4. The summed E-state index contributed by atoms with van der Waals surface area (Å²) in [4.78, 5) is 35.0. The monoisotopic (exact) mass is 411 g/mol. The molecule has 3 aliphatic heterocycles. The Hall–Kier alpha value is -2.61. The van der Waals surface area contributed by atoms with Crippen molar-refractivity contribution in [2.45, 2.75) is 64.2 Å². The topological polar surface area (TPSA) is 83.6 Å². The van der Waals surface area contributed by atoms with Crippen LogP contribution in [0.5, 0.6) is 0 Å². The number of fused-ring (bicyclic) bond motifs is 3. The Morgan fingerprint density at radius 1 is 1.30 bits per heavy atom. The number of urea groups is 1. The van der Waals surface area contributed by atoms with E-state index in [1.54, 1.807) is 12.5 Å². The van der Waals surface area contributed by atoms with Crippen LogP contribution in [0.4, 0.5) is 4.79 Å². The number of furan rings is 1. The molecular weight excluding hydrogens is 382 g/mol. The third-order valence-electron chi connectivity index (χ3n) is 6.72. The van der Waals surface area contributed by atoms with Crippen molar-refractivity contribution < 1.29 is 9.21 Å². The van der Waals surface area contributed by atoms with E-state index in [9.17, 15) is 9.59 Å². The molecule has 1 saturated heterocycles. The average Bonchev–Trinajstić information content (AvgIpc) is 3.44. The normalized spacial score (nSPS) is 23.2. The quantitative estimate of drug-likeness (QED) is 0.834. The molecule has 0 aromatic carbocycles. The summed E-state index contributed by atoms with van der Waals surface area (Å²) in [5, 5.41) is 2.99. The molecule has 0 aliphatic carbocycles. The second kappa shape index (κ2) is 7.27. The second-order valence-electron chi connectivity index (χ2n) is 9.22. The zero-order valence-electron chi connectivity index (χ0n) is 17.7. The summed E-state index contributed by atoms with van der Waals surface area (Å²) in [6, 6.07) is 2.06. The fourth-order valence-corrected chi connectivity index (χ4v) is 5.17. The highest BCUT2D eigenvalue weighted by molar-refractivity contribution is 5.75. The number of amides is 2. The molecule has 2 aromatic rings. The summed E-state index contributed by atoms with van der Waals surface area (Å²) in [5.41, 5.74) is 2.82. The van der Waals surface area contributed by atoms with Crippen LogP contribution >= 0.6 is 0 Å². The SMILES string of the molecule is CC(C)NC(=O)N1CC[C@]2(CCn3c2nc2c(c3=O)CN(Cc3ccoc3)CC2)C1. The van der Waals surface area contributed by atoms with Crippen LogP contribution in [0.3, 0.4) is 0 Å². The predicted octanol–water partition coefficient (Wildman–Crippen LogP) is 1.86. The molecule has 8 heteroatoms. The van der Waals surface area contributed by atoms with E-state index in [4.69, 9.17) is 9.40 Å². The predicted molar refractivity (Wildman–Crippen MR) is 111 cm³/mol. The number of nitrogens with zero attached hydrogens (tertiary/aromatic N) is 4. The van der Waals surface area contributed by atoms with Crippen molar-refractivity contribution in [1.29, 1.82) is 0 Å². The summed E-state index contributed by atoms with van der Waals surface area (Å²) < 4.78 is 7.05. The van der Waals surface area contributed by atoms with E-state index in [0.29, 0.717) is 26.2 Å². The maximum absolute atomic E-state index is 13.3. The van der Waals surface area contributed by atoms with Crippen LogP contribution in [0.2, 0.25) is 0 Å². The van der Waals surface area contributed by atoms with E-state index in [2.05, 4.69) is 10.2 Å². The van der Waals surface area contributed by atoms with Gasteiger partial charge in [0.1, 0.15) is 5.82 Å². The average molecular weight is 412 g/mol. The summed E-state index contributed by atoms with van der Waals surface area (Å²) >= 11 is 0. The highest BCUT2D eigenvalue weighted by atomic mass is 16.3. The smallest absolute Gasteiger partial charge is 0.317 e. The number of rotatable bonds is 3. The number of nitrogens with one attached hydrogen (secondary N) is 1. The summed E-state index contributed by atoms with van der Waals surface area (Å²) in [6.07, 6.45) is 5.97. The van der Waals surface area contributed by atoms with E-state index in [-0.39, 0.29) is 23.0 Å². The van der Waals surface area contributed by atoms with E-state index in [1.807, 2.05) is 29.4 Å². The van der Waals surface area contributed by atoms with Gasteiger partial charge in [0, 0.05) is 62.7 Å². The van der Waals surface area contributed by atoms with Gasteiger partial charge in [0.2, 0.25) is 0 Å². The molecular formula is C22H29N5O3. The van der Waals surface area contributed by atoms with E-state index in [0.717, 1.165) is 55.0 Å². The van der Waals surface area contributed by atoms with Gasteiger partial charge in [0.15, 0.2) is 0 Å². The Morgan fingerprint density at radius 3 is 2.90 bits per heavy atom. The number of hydrogen-bond acceptors (Lipinski definition) is 5. The van der Waals surface area contributed by atoms with Gasteiger partial charge < -0.3 is 14.6 Å². The van der Waals surface area contributed by atoms with Gasteiger partial charge in [-0.05, 0) is 32.8 Å². The van der Waals surface area contributed by atoms with Gasteiger partial charge in [-0.1, -0.05) is 0 Å². The first-order valence-electron chi connectivity index (χ1n) is 10.9. The Balaban J connectivity index is 1.39. The molecule has 0 saturated carbocycles. The minimum absolute atomic E-state index is 0.0180. The van der Waals surface area contributed by atoms with E-state index >= 15 is 0 Å². The fraction of sp³-hybridized carbons (Fsp3) is 0.591. The lowest BCUT2D eigenvalue weighted by atomic mass is 9.85. The molecule has 1 fully saturated rings. The van der Waals surface area contributed by atoms with Gasteiger partial charge in [-0.2, -0.15) is 0 Å². The lowest BCUT2D eigenvalue weighted by Gasteiger charge is -2.29. The molecule has 0 unspecified atom stereocenters. The fourth-order valence-electron chi connectivity index (χ4n) is 5.17. The number of aromatic nitrogens is 2. The second-order valence-corrected chi connectivity index (χ2v) is 9.22. The highest BCUT2D eigenvalue weighted by Crippen LogP contribution is 2.41. The Bertz CT molecular complexity index is 1010. The maximum Gasteiger partial charge on any atom is 0.317 e. The molecule has 0 radical (unpaired) electrons. The molecule has 1 spiro atoms. The number of likely N-dealkylation sites (tertiary alicyclic amines) is 1. The lowest BCUT2D eigenvalue weighted by molar-refractivity contribution is 0.202. The third-order valence-corrected chi connectivity index (χ3v) is 6.72. The summed E-state index contributed by atoms with van der Waals surface area (Å²) in [5.74, 6) is 0.898. The van der Waals surface area contributed by atoms with Crippen molar-refractivity contribution in [2.75, 3.05) is 19.6 Å². The van der Waals surface area contributed by atoms with Crippen LogP contribution in [-0.2, 0) is 31.5 Å². The molecule has 3 aliphatic rings. The lowest BCUT2D eigenvalue weighted by Crippen LogP contribution is -2.43. The van der Waals surface area contributed by atoms with Crippen molar-refractivity contribution in [2.24, 2.45) is 0 Å². The van der Waals surface area contributed by atoms with Crippen molar-refractivity contribution in [1.82, 2.24) is 24.7 Å².